The minimum Gasteiger partial charge on any atom is -0.370 e. The lowest BCUT2D eigenvalue weighted by molar-refractivity contribution is 0.395. The van der Waals surface area contributed by atoms with E-state index in [1.807, 2.05) is 12.1 Å². The molecule has 0 bridgehead atoms. The van der Waals surface area contributed by atoms with E-state index in [2.05, 4.69) is 10.00 Å². The number of rotatable bonds is 2. The van der Waals surface area contributed by atoms with Crippen molar-refractivity contribution in [1.29, 1.82) is 0 Å². The zero-order valence-electron chi connectivity index (χ0n) is 12.9. The van der Waals surface area contributed by atoms with E-state index in [0.29, 0.717) is 16.1 Å². The molecule has 2 aromatic rings. The van der Waals surface area contributed by atoms with Crippen LogP contribution in [0.25, 0.3) is 5.69 Å². The molecule has 1 aliphatic heterocycles. The average molecular weight is 385 g/mol. The van der Waals surface area contributed by atoms with Gasteiger partial charge >= 0.3 is 0 Å². The molecule has 1 saturated carbocycles. The van der Waals surface area contributed by atoms with Gasteiger partial charge in [-0.3, -0.25) is 4.79 Å². The Bertz CT molecular complexity index is 861. The van der Waals surface area contributed by atoms with E-state index < -0.39 is 5.56 Å². The number of hydrogen-bond donors (Lipinski definition) is 0. The predicted molar refractivity (Wildman–Crippen MR) is 98.0 cm³/mol. The first-order valence-corrected chi connectivity index (χ1v) is 9.11. The van der Waals surface area contributed by atoms with Crippen molar-refractivity contribution in [2.75, 3.05) is 18.0 Å². The second-order valence-electron chi connectivity index (χ2n) is 6.68. The molecule has 1 aromatic carbocycles. The quantitative estimate of drug-likeness (QED) is 0.761. The van der Waals surface area contributed by atoms with E-state index in [0.717, 1.165) is 18.8 Å². The van der Waals surface area contributed by atoms with Crippen molar-refractivity contribution in [2.24, 2.45) is 5.41 Å². The van der Waals surface area contributed by atoms with Gasteiger partial charge in [0.15, 0.2) is 0 Å². The summed E-state index contributed by atoms with van der Waals surface area (Å²) >= 11 is 18.2. The van der Waals surface area contributed by atoms with Crippen LogP contribution in [0.4, 0.5) is 5.69 Å². The molecule has 0 radical (unpaired) electrons. The third-order valence-electron chi connectivity index (χ3n) is 5.01. The molecule has 24 heavy (non-hydrogen) atoms. The lowest BCUT2D eigenvalue weighted by Gasteiger charge is -2.35. The van der Waals surface area contributed by atoms with E-state index >= 15 is 0 Å². The van der Waals surface area contributed by atoms with Crippen molar-refractivity contribution in [2.45, 2.75) is 25.7 Å². The molecule has 2 fully saturated rings. The van der Waals surface area contributed by atoms with Crippen LogP contribution >= 0.6 is 34.8 Å². The highest BCUT2D eigenvalue weighted by Crippen LogP contribution is 2.53. The lowest BCUT2D eigenvalue weighted by Crippen LogP contribution is -2.36. The summed E-state index contributed by atoms with van der Waals surface area (Å²) in [4.78, 5) is 14.6. The van der Waals surface area contributed by atoms with Gasteiger partial charge in [-0.15, -0.1) is 0 Å². The minimum atomic E-state index is -0.456. The van der Waals surface area contributed by atoms with Crippen LogP contribution < -0.4 is 10.5 Å². The molecule has 7 heteroatoms. The number of benzene rings is 1. The second kappa shape index (κ2) is 5.94. The molecular formula is C17H16Cl3N3O. The largest absolute Gasteiger partial charge is 0.370 e. The second-order valence-corrected chi connectivity index (χ2v) is 7.88. The summed E-state index contributed by atoms with van der Waals surface area (Å²) in [6.07, 6.45) is 6.52. The number of aromatic nitrogens is 2. The Morgan fingerprint density at radius 3 is 2.58 bits per heavy atom. The summed E-state index contributed by atoms with van der Waals surface area (Å²) in [5.74, 6) is 0. The van der Waals surface area contributed by atoms with E-state index in [-0.39, 0.29) is 10.0 Å². The van der Waals surface area contributed by atoms with Crippen molar-refractivity contribution in [3.63, 3.8) is 0 Å². The van der Waals surface area contributed by atoms with Gasteiger partial charge in [-0.05, 0) is 49.3 Å². The summed E-state index contributed by atoms with van der Waals surface area (Å²) in [5.41, 5.74) is 1.65. The minimum absolute atomic E-state index is 0.0430. The fourth-order valence-corrected chi connectivity index (χ4v) is 4.03. The molecule has 0 N–H and O–H groups in total. The fraction of sp³-hybridized carbons (Fsp3) is 0.412. The predicted octanol–water partition coefficient (Wildman–Crippen LogP) is 4.57. The highest BCUT2D eigenvalue weighted by atomic mass is 35.5. The van der Waals surface area contributed by atoms with Crippen LogP contribution in [0.5, 0.6) is 0 Å². The molecular weight excluding hydrogens is 369 g/mol. The van der Waals surface area contributed by atoms with Gasteiger partial charge in [-0.2, -0.15) is 9.78 Å². The molecule has 0 amide bonds. The maximum atomic E-state index is 12.2. The first-order chi connectivity index (χ1) is 11.5. The van der Waals surface area contributed by atoms with Crippen LogP contribution in [-0.4, -0.2) is 22.9 Å². The average Bonchev–Trinajstić information content (AvgIpc) is 3.31. The number of anilines is 1. The van der Waals surface area contributed by atoms with Gasteiger partial charge in [-0.1, -0.05) is 34.8 Å². The molecule has 0 unspecified atom stereocenters. The van der Waals surface area contributed by atoms with Crippen molar-refractivity contribution >= 4 is 40.5 Å². The van der Waals surface area contributed by atoms with Gasteiger partial charge in [0.25, 0.3) is 5.56 Å². The molecule has 4 rings (SSSR count). The maximum Gasteiger partial charge on any atom is 0.291 e. The van der Waals surface area contributed by atoms with Gasteiger partial charge in [0.2, 0.25) is 0 Å². The van der Waals surface area contributed by atoms with Crippen LogP contribution in [-0.2, 0) is 0 Å². The summed E-state index contributed by atoms with van der Waals surface area (Å²) in [6.45, 7) is 2.09. The van der Waals surface area contributed by atoms with Gasteiger partial charge in [-0.25, -0.2) is 0 Å². The standard InChI is InChI=1S/C17H16Cl3N3O/c18-12-8-11(23-16(24)15(20)13(19)9-21-23)2-3-14(12)22-7-1-4-17(10-22)5-6-17/h2-3,8-9H,1,4-7,10H2. The van der Waals surface area contributed by atoms with Gasteiger partial charge in [0.1, 0.15) is 5.02 Å². The number of halogens is 3. The Labute approximate surface area is 154 Å². The fourth-order valence-electron chi connectivity index (χ4n) is 3.48. The number of hydrogen-bond acceptors (Lipinski definition) is 3. The topological polar surface area (TPSA) is 38.1 Å². The molecule has 2 aliphatic rings. The smallest absolute Gasteiger partial charge is 0.291 e. The Balaban J connectivity index is 1.67. The Hall–Kier alpha value is -1.23. The van der Waals surface area contributed by atoms with E-state index in [4.69, 9.17) is 34.8 Å². The highest BCUT2D eigenvalue weighted by molar-refractivity contribution is 6.41. The molecule has 4 nitrogen and oxygen atoms in total. The van der Waals surface area contributed by atoms with Crippen molar-refractivity contribution in [1.82, 2.24) is 9.78 Å². The molecule has 0 atom stereocenters. The summed E-state index contributed by atoms with van der Waals surface area (Å²) in [6, 6.07) is 5.55. The zero-order chi connectivity index (χ0) is 16.9. The van der Waals surface area contributed by atoms with Gasteiger partial charge in [0.05, 0.1) is 27.6 Å². The monoisotopic (exact) mass is 383 g/mol. The summed E-state index contributed by atoms with van der Waals surface area (Å²) in [7, 11) is 0. The molecule has 2 heterocycles. The zero-order valence-corrected chi connectivity index (χ0v) is 15.2. The molecule has 1 aliphatic carbocycles. The number of piperidine rings is 1. The van der Waals surface area contributed by atoms with E-state index in [1.165, 1.54) is 36.6 Å². The van der Waals surface area contributed by atoms with Crippen LogP contribution in [0.2, 0.25) is 15.1 Å². The van der Waals surface area contributed by atoms with Crippen LogP contribution in [0.1, 0.15) is 25.7 Å². The van der Waals surface area contributed by atoms with Crippen LogP contribution in [0.3, 0.4) is 0 Å². The first kappa shape index (κ1) is 16.2. The summed E-state index contributed by atoms with van der Waals surface area (Å²) < 4.78 is 1.21. The third kappa shape index (κ3) is 2.81. The van der Waals surface area contributed by atoms with Gasteiger partial charge in [0, 0.05) is 13.1 Å². The van der Waals surface area contributed by atoms with E-state index in [9.17, 15) is 4.79 Å². The Kier molecular flexibility index (Phi) is 4.02. The van der Waals surface area contributed by atoms with Crippen molar-refractivity contribution in [3.8, 4) is 5.69 Å². The highest BCUT2D eigenvalue weighted by Gasteiger charge is 2.45. The van der Waals surface area contributed by atoms with Gasteiger partial charge < -0.3 is 4.90 Å². The summed E-state index contributed by atoms with van der Waals surface area (Å²) in [5, 5.41) is 4.76. The molecule has 1 aromatic heterocycles. The Morgan fingerprint density at radius 1 is 1.08 bits per heavy atom. The SMILES string of the molecule is O=c1c(Cl)c(Cl)cnn1-c1ccc(N2CCCC3(CC3)C2)c(Cl)c1. The molecule has 1 spiro atoms. The first-order valence-electron chi connectivity index (χ1n) is 7.97. The van der Waals surface area contributed by atoms with Crippen LogP contribution in [0.15, 0.2) is 29.2 Å². The molecule has 1 saturated heterocycles. The Morgan fingerprint density at radius 2 is 1.88 bits per heavy atom. The maximum absolute atomic E-state index is 12.2. The van der Waals surface area contributed by atoms with Crippen molar-refractivity contribution < 1.29 is 0 Å². The number of nitrogens with zero attached hydrogens (tertiary/aromatic N) is 3. The third-order valence-corrected chi connectivity index (χ3v) is 6.06. The lowest BCUT2D eigenvalue weighted by atomic mass is 9.94. The normalized spacial score (nSPS) is 18.9. The van der Waals surface area contributed by atoms with Crippen LogP contribution in [0, 0.1) is 5.41 Å². The molecule has 126 valence electrons. The van der Waals surface area contributed by atoms with E-state index in [1.54, 1.807) is 6.07 Å². The van der Waals surface area contributed by atoms with Crippen molar-refractivity contribution in [3.05, 3.63) is 49.8 Å².